The molecule has 0 saturated carbocycles. The second kappa shape index (κ2) is 12.3. The van der Waals surface area contributed by atoms with Crippen molar-refractivity contribution in [3.05, 3.63) is 83.4 Å². The number of aliphatic imine (C=N–C) groups is 1. The monoisotopic (exact) mass is 530 g/mol. The molecule has 3 aromatic rings. The van der Waals surface area contributed by atoms with E-state index in [9.17, 15) is 19.5 Å². The molecular formula is C30H30N2O7. The van der Waals surface area contributed by atoms with Crippen LogP contribution in [0, 0.1) is 0 Å². The number of esters is 2. The quantitative estimate of drug-likeness (QED) is 0.369. The lowest BCUT2D eigenvalue weighted by molar-refractivity contribution is -0.112. The summed E-state index contributed by atoms with van der Waals surface area (Å²) in [5, 5.41) is 10.2. The smallest absolute Gasteiger partial charge is 0.338 e. The number of phenolic OH excluding ortho intramolecular Hbond substituents is 1. The van der Waals surface area contributed by atoms with Crippen LogP contribution in [0.5, 0.6) is 11.5 Å². The van der Waals surface area contributed by atoms with E-state index in [1.165, 1.54) is 6.07 Å². The lowest BCUT2D eigenvalue weighted by Gasteiger charge is -2.25. The summed E-state index contributed by atoms with van der Waals surface area (Å²) in [6, 6.07) is 17.7. The Hall–Kier alpha value is -4.66. The summed E-state index contributed by atoms with van der Waals surface area (Å²) in [5.41, 5.74) is 2.94. The maximum Gasteiger partial charge on any atom is 0.338 e. The third-order valence-electron chi connectivity index (χ3n) is 6.13. The van der Waals surface area contributed by atoms with Crippen LogP contribution in [-0.4, -0.2) is 48.5 Å². The van der Waals surface area contributed by atoms with Crippen molar-refractivity contribution in [1.82, 2.24) is 0 Å². The third-order valence-corrected chi connectivity index (χ3v) is 6.13. The van der Waals surface area contributed by atoms with Crippen molar-refractivity contribution in [2.45, 2.75) is 33.2 Å². The van der Waals surface area contributed by atoms with Crippen molar-refractivity contribution in [3.63, 3.8) is 0 Å². The molecule has 0 radical (unpaired) electrons. The van der Waals surface area contributed by atoms with Crippen molar-refractivity contribution in [2.24, 2.45) is 4.99 Å². The van der Waals surface area contributed by atoms with Crippen molar-refractivity contribution >= 4 is 34.9 Å². The van der Waals surface area contributed by atoms with Crippen LogP contribution in [0.25, 0.3) is 0 Å². The van der Waals surface area contributed by atoms with Gasteiger partial charge in [-0.2, -0.15) is 0 Å². The van der Waals surface area contributed by atoms with E-state index < -0.39 is 18.0 Å². The topological polar surface area (TPSA) is 115 Å². The molecule has 39 heavy (non-hydrogen) atoms. The molecule has 1 N–H and O–H groups in total. The second-order valence-electron chi connectivity index (χ2n) is 8.65. The second-order valence-corrected chi connectivity index (χ2v) is 8.65. The number of amides is 1. The maximum absolute atomic E-state index is 13.7. The highest BCUT2D eigenvalue weighted by atomic mass is 16.5. The fraction of sp³-hybridized carbons (Fsp3) is 0.267. The fourth-order valence-corrected chi connectivity index (χ4v) is 4.32. The number of phenols is 1. The first-order valence-electron chi connectivity index (χ1n) is 12.8. The van der Waals surface area contributed by atoms with Gasteiger partial charge >= 0.3 is 11.9 Å². The highest BCUT2D eigenvalue weighted by Crippen LogP contribution is 2.40. The van der Waals surface area contributed by atoms with Crippen molar-refractivity contribution < 1.29 is 33.7 Å². The molecule has 3 aromatic carbocycles. The number of carbonyl (C=O) groups excluding carboxylic acids is 3. The average Bonchev–Trinajstić information content (AvgIpc) is 3.26. The lowest BCUT2D eigenvalue weighted by atomic mass is 10.0. The van der Waals surface area contributed by atoms with Gasteiger partial charge in [-0.1, -0.05) is 6.07 Å². The first-order valence-corrected chi connectivity index (χ1v) is 12.8. The molecule has 202 valence electrons. The van der Waals surface area contributed by atoms with Crippen molar-refractivity contribution in [1.29, 1.82) is 0 Å². The number of ether oxygens (including phenoxy) is 3. The van der Waals surface area contributed by atoms with E-state index in [0.29, 0.717) is 40.6 Å². The van der Waals surface area contributed by atoms with Crippen LogP contribution < -0.4 is 9.64 Å². The van der Waals surface area contributed by atoms with Gasteiger partial charge in [0.2, 0.25) is 0 Å². The maximum atomic E-state index is 13.7. The third kappa shape index (κ3) is 6.09. The van der Waals surface area contributed by atoms with E-state index in [1.807, 2.05) is 6.92 Å². The Morgan fingerprint density at radius 1 is 0.872 bits per heavy atom. The zero-order valence-corrected chi connectivity index (χ0v) is 22.0. The van der Waals surface area contributed by atoms with Gasteiger partial charge in [0.1, 0.15) is 5.71 Å². The van der Waals surface area contributed by atoms with Crippen LogP contribution in [0.2, 0.25) is 0 Å². The molecule has 0 spiro atoms. The molecule has 1 aliphatic rings. The van der Waals surface area contributed by atoms with Crippen LogP contribution in [0.3, 0.4) is 0 Å². The first-order chi connectivity index (χ1) is 18.9. The van der Waals surface area contributed by atoms with E-state index in [0.717, 1.165) is 5.56 Å². The van der Waals surface area contributed by atoms with Gasteiger partial charge in [0, 0.05) is 12.1 Å². The van der Waals surface area contributed by atoms with Gasteiger partial charge in [0.25, 0.3) is 5.91 Å². The SMILES string of the molecule is CCOC(=O)c1ccc(N=C2CC(c3ccc(O)c(OCC)c3)N(c3ccc(C(=O)OCC)cc3)C2=O)cc1. The number of hydrogen-bond donors (Lipinski definition) is 1. The number of anilines is 1. The molecule has 1 unspecified atom stereocenters. The van der Waals surface area contributed by atoms with Gasteiger partial charge in [-0.15, -0.1) is 0 Å². The van der Waals surface area contributed by atoms with Crippen LogP contribution in [-0.2, 0) is 14.3 Å². The minimum absolute atomic E-state index is 0.00541. The highest BCUT2D eigenvalue weighted by Gasteiger charge is 2.39. The van der Waals surface area contributed by atoms with Gasteiger partial charge in [-0.05, 0) is 87.0 Å². The Balaban J connectivity index is 1.70. The van der Waals surface area contributed by atoms with Gasteiger partial charge in [0.05, 0.1) is 42.7 Å². The van der Waals surface area contributed by atoms with Gasteiger partial charge in [0.15, 0.2) is 11.5 Å². The lowest BCUT2D eigenvalue weighted by Crippen LogP contribution is -2.29. The Morgan fingerprint density at radius 3 is 2.03 bits per heavy atom. The Bertz CT molecular complexity index is 1380. The van der Waals surface area contributed by atoms with Crippen molar-refractivity contribution in [3.8, 4) is 11.5 Å². The van der Waals surface area contributed by atoms with Crippen LogP contribution in [0.15, 0.2) is 71.7 Å². The van der Waals surface area contributed by atoms with Crippen LogP contribution in [0.4, 0.5) is 11.4 Å². The minimum Gasteiger partial charge on any atom is -0.504 e. The summed E-state index contributed by atoms with van der Waals surface area (Å²) in [4.78, 5) is 44.0. The number of nitrogens with zero attached hydrogens (tertiary/aromatic N) is 2. The largest absolute Gasteiger partial charge is 0.504 e. The number of hydrogen-bond acceptors (Lipinski definition) is 8. The molecule has 1 aliphatic heterocycles. The molecule has 9 heteroatoms. The number of carbonyl (C=O) groups is 3. The van der Waals surface area contributed by atoms with Gasteiger partial charge < -0.3 is 19.3 Å². The fourth-order valence-electron chi connectivity index (χ4n) is 4.32. The normalized spacial score (nSPS) is 15.9. The molecule has 0 aliphatic carbocycles. The summed E-state index contributed by atoms with van der Waals surface area (Å²) >= 11 is 0. The van der Waals surface area contributed by atoms with Crippen molar-refractivity contribution in [2.75, 3.05) is 24.7 Å². The molecule has 4 rings (SSSR count). The average molecular weight is 531 g/mol. The van der Waals surface area contributed by atoms with E-state index in [2.05, 4.69) is 4.99 Å². The standard InChI is InChI=1S/C30H30N2O7/c1-4-37-27-17-21(11-16-26(27)33)25-18-24(31-22-12-7-19(8-13-22)29(35)38-5-2)28(34)32(25)23-14-9-20(10-15-23)30(36)39-6-3/h7-17,25,33H,4-6,18H2,1-3H3. The molecule has 1 amide bonds. The Labute approximate surface area is 226 Å². The summed E-state index contributed by atoms with van der Waals surface area (Å²) in [6.45, 7) is 6.20. The number of benzene rings is 3. The minimum atomic E-state index is -0.443. The predicted octanol–water partition coefficient (Wildman–Crippen LogP) is 5.40. The first kappa shape index (κ1) is 27.4. The Kier molecular flexibility index (Phi) is 8.60. The Morgan fingerprint density at radius 2 is 1.46 bits per heavy atom. The highest BCUT2D eigenvalue weighted by molar-refractivity contribution is 6.46. The molecule has 0 aromatic heterocycles. The van der Waals surface area contributed by atoms with Crippen LogP contribution in [0.1, 0.15) is 59.5 Å². The van der Waals surface area contributed by atoms with Gasteiger partial charge in [-0.3, -0.25) is 9.69 Å². The zero-order valence-electron chi connectivity index (χ0n) is 22.0. The molecule has 1 fully saturated rings. The summed E-state index contributed by atoms with van der Waals surface area (Å²) in [6.07, 6.45) is 0.286. The molecule has 1 saturated heterocycles. The summed E-state index contributed by atoms with van der Waals surface area (Å²) in [7, 11) is 0. The molecule has 1 heterocycles. The van der Waals surface area contributed by atoms with E-state index in [4.69, 9.17) is 14.2 Å². The van der Waals surface area contributed by atoms with Crippen LogP contribution >= 0.6 is 0 Å². The number of aromatic hydroxyl groups is 1. The van der Waals surface area contributed by atoms with E-state index in [-0.39, 0.29) is 31.3 Å². The summed E-state index contributed by atoms with van der Waals surface area (Å²) < 4.78 is 15.7. The number of rotatable bonds is 9. The zero-order chi connectivity index (χ0) is 27.9. The predicted molar refractivity (Wildman–Crippen MR) is 146 cm³/mol. The molecule has 1 atom stereocenters. The molecule has 9 nitrogen and oxygen atoms in total. The molecule has 0 bridgehead atoms. The van der Waals surface area contributed by atoms with E-state index in [1.54, 1.807) is 79.4 Å². The summed E-state index contributed by atoms with van der Waals surface area (Å²) in [5.74, 6) is -0.847. The molecular weight excluding hydrogens is 500 g/mol. The van der Waals surface area contributed by atoms with E-state index >= 15 is 0 Å². The van der Waals surface area contributed by atoms with Gasteiger partial charge in [-0.25, -0.2) is 14.6 Å².